The minimum absolute atomic E-state index is 0.0451. The fraction of sp³-hybridized carbons (Fsp3) is 0.438. The first-order valence-electron chi connectivity index (χ1n) is 7.46. The number of halogens is 3. The van der Waals surface area contributed by atoms with Gasteiger partial charge < -0.3 is 10.4 Å². The van der Waals surface area contributed by atoms with Crippen LogP contribution in [-0.4, -0.2) is 33.7 Å². The Bertz CT molecular complexity index is 667. The molecule has 3 atom stereocenters. The third kappa shape index (κ3) is 3.11. The van der Waals surface area contributed by atoms with Crippen molar-refractivity contribution in [2.24, 2.45) is 0 Å². The second-order valence-corrected chi connectivity index (χ2v) is 5.86. The molecule has 2 heterocycles. The van der Waals surface area contributed by atoms with E-state index in [-0.39, 0.29) is 24.8 Å². The van der Waals surface area contributed by atoms with Gasteiger partial charge >= 0.3 is 6.18 Å². The molecule has 1 aliphatic rings. The number of aliphatic hydroxyl groups excluding tert-OH is 1. The van der Waals surface area contributed by atoms with E-state index in [0.717, 1.165) is 5.56 Å². The molecular weight excluding hydrogens is 307 g/mol. The lowest BCUT2D eigenvalue weighted by atomic mass is 9.88. The summed E-state index contributed by atoms with van der Waals surface area (Å²) in [6, 6.07) is 9.00. The average molecular weight is 325 g/mol. The first-order chi connectivity index (χ1) is 10.9. The molecule has 0 radical (unpaired) electrons. The molecule has 0 spiro atoms. The minimum atomic E-state index is -4.36. The van der Waals surface area contributed by atoms with Crippen molar-refractivity contribution in [3.05, 3.63) is 53.3 Å². The first kappa shape index (κ1) is 16.0. The summed E-state index contributed by atoms with van der Waals surface area (Å²) in [6.45, 7) is 1.37. The monoisotopic (exact) mass is 325 g/mol. The number of benzene rings is 1. The van der Waals surface area contributed by atoms with E-state index in [1.165, 1.54) is 17.8 Å². The van der Waals surface area contributed by atoms with E-state index in [4.69, 9.17) is 0 Å². The Morgan fingerprint density at radius 3 is 2.65 bits per heavy atom. The van der Waals surface area contributed by atoms with E-state index in [9.17, 15) is 18.3 Å². The van der Waals surface area contributed by atoms with Gasteiger partial charge in [0.25, 0.3) is 0 Å². The quantitative estimate of drug-likeness (QED) is 0.912. The van der Waals surface area contributed by atoms with Crippen LogP contribution in [0.3, 0.4) is 0 Å². The van der Waals surface area contributed by atoms with E-state index in [1.807, 2.05) is 30.3 Å². The summed E-state index contributed by atoms with van der Waals surface area (Å²) in [4.78, 5) is 0. The van der Waals surface area contributed by atoms with Crippen molar-refractivity contribution in [2.45, 2.75) is 37.7 Å². The van der Waals surface area contributed by atoms with Crippen molar-refractivity contribution in [1.82, 2.24) is 15.1 Å². The van der Waals surface area contributed by atoms with Crippen molar-refractivity contribution in [3.8, 4) is 0 Å². The molecule has 0 saturated carbocycles. The van der Waals surface area contributed by atoms with Crippen LogP contribution in [0.4, 0.5) is 13.2 Å². The van der Waals surface area contributed by atoms with Gasteiger partial charge in [-0.05, 0) is 12.5 Å². The maximum atomic E-state index is 13.4. The van der Waals surface area contributed by atoms with Gasteiger partial charge in [-0.2, -0.15) is 18.3 Å². The zero-order valence-corrected chi connectivity index (χ0v) is 12.6. The van der Waals surface area contributed by atoms with Gasteiger partial charge in [-0.1, -0.05) is 30.3 Å². The highest BCUT2D eigenvalue weighted by Gasteiger charge is 2.47. The molecule has 1 aromatic carbocycles. The van der Waals surface area contributed by atoms with Crippen LogP contribution in [0.2, 0.25) is 0 Å². The van der Waals surface area contributed by atoms with E-state index in [2.05, 4.69) is 10.4 Å². The third-order valence-corrected chi connectivity index (χ3v) is 4.04. The topological polar surface area (TPSA) is 50.1 Å². The molecule has 23 heavy (non-hydrogen) atoms. The zero-order chi connectivity index (χ0) is 16.6. The second kappa shape index (κ2) is 5.98. The molecule has 0 amide bonds. The number of hydrogen-bond acceptors (Lipinski definition) is 3. The van der Waals surface area contributed by atoms with Gasteiger partial charge in [0.1, 0.15) is 5.92 Å². The SMILES string of the molecule is CC(O)Cn1ncc2c1C(C(F)(F)F)CNC2c1ccccc1. The number of fused-ring (bicyclic) bond motifs is 1. The Hall–Kier alpha value is -1.86. The Balaban J connectivity index is 2.07. The van der Waals surface area contributed by atoms with Crippen LogP contribution in [-0.2, 0) is 6.54 Å². The smallest absolute Gasteiger partial charge is 0.391 e. The average Bonchev–Trinajstić information content (AvgIpc) is 2.89. The summed E-state index contributed by atoms with van der Waals surface area (Å²) < 4.78 is 41.5. The number of nitrogens with zero attached hydrogens (tertiary/aromatic N) is 2. The van der Waals surface area contributed by atoms with Gasteiger partial charge in [-0.3, -0.25) is 4.68 Å². The molecule has 0 fully saturated rings. The molecule has 3 unspecified atom stereocenters. The fourth-order valence-electron chi connectivity index (χ4n) is 3.06. The standard InChI is InChI=1S/C16H18F3N3O/c1-10(23)9-22-15-12(7-21-22)14(11-5-3-2-4-6-11)20-8-13(15)16(17,18)19/h2-7,10,13-14,20,23H,8-9H2,1H3. The lowest BCUT2D eigenvalue weighted by molar-refractivity contribution is -0.152. The van der Waals surface area contributed by atoms with Crippen LogP contribution < -0.4 is 5.32 Å². The highest BCUT2D eigenvalue weighted by Crippen LogP contribution is 2.42. The largest absolute Gasteiger partial charge is 0.398 e. The molecule has 124 valence electrons. The predicted molar refractivity (Wildman–Crippen MR) is 79.0 cm³/mol. The van der Waals surface area contributed by atoms with Crippen LogP contribution in [0.1, 0.15) is 35.7 Å². The number of nitrogens with one attached hydrogen (secondary N) is 1. The molecule has 0 saturated heterocycles. The van der Waals surface area contributed by atoms with Crippen molar-refractivity contribution in [1.29, 1.82) is 0 Å². The van der Waals surface area contributed by atoms with Gasteiger partial charge in [-0.25, -0.2) is 0 Å². The molecule has 4 nitrogen and oxygen atoms in total. The summed E-state index contributed by atoms with van der Waals surface area (Å²) in [5.41, 5.74) is 1.56. The van der Waals surface area contributed by atoms with E-state index >= 15 is 0 Å². The number of alkyl halides is 3. The lowest BCUT2D eigenvalue weighted by Crippen LogP contribution is -2.41. The van der Waals surface area contributed by atoms with Crippen LogP contribution in [0.25, 0.3) is 0 Å². The molecule has 2 aromatic rings. The maximum absolute atomic E-state index is 13.4. The van der Waals surface area contributed by atoms with Crippen molar-refractivity contribution in [3.63, 3.8) is 0 Å². The first-order valence-corrected chi connectivity index (χ1v) is 7.46. The normalized spacial score (nSPS) is 22.7. The third-order valence-electron chi connectivity index (χ3n) is 4.04. The van der Waals surface area contributed by atoms with Crippen LogP contribution in [0, 0.1) is 0 Å². The molecule has 0 bridgehead atoms. The van der Waals surface area contributed by atoms with Gasteiger partial charge in [-0.15, -0.1) is 0 Å². The molecule has 7 heteroatoms. The van der Waals surface area contributed by atoms with E-state index < -0.39 is 18.2 Å². The van der Waals surface area contributed by atoms with Crippen LogP contribution in [0.15, 0.2) is 36.5 Å². The van der Waals surface area contributed by atoms with Gasteiger partial charge in [0.05, 0.1) is 30.6 Å². The molecule has 2 N–H and O–H groups in total. The number of aromatic nitrogens is 2. The predicted octanol–water partition coefficient (Wildman–Crippen LogP) is 2.60. The summed E-state index contributed by atoms with van der Waals surface area (Å²) >= 11 is 0. The number of hydrogen-bond donors (Lipinski definition) is 2. The zero-order valence-electron chi connectivity index (χ0n) is 12.6. The summed E-state index contributed by atoms with van der Waals surface area (Å²) in [5.74, 6) is -1.63. The van der Waals surface area contributed by atoms with Gasteiger partial charge in [0.15, 0.2) is 0 Å². The molecular formula is C16H18F3N3O. The minimum Gasteiger partial charge on any atom is -0.391 e. The number of rotatable bonds is 3. The number of aliphatic hydroxyl groups is 1. The lowest BCUT2D eigenvalue weighted by Gasteiger charge is -2.32. The Labute approximate surface area is 131 Å². The fourth-order valence-corrected chi connectivity index (χ4v) is 3.06. The van der Waals surface area contributed by atoms with Crippen LogP contribution in [0.5, 0.6) is 0 Å². The summed E-state index contributed by atoms with van der Waals surface area (Å²) in [5, 5.41) is 16.6. The van der Waals surface area contributed by atoms with E-state index in [0.29, 0.717) is 5.56 Å². The summed E-state index contributed by atoms with van der Waals surface area (Å²) in [6.07, 6.45) is -3.65. The summed E-state index contributed by atoms with van der Waals surface area (Å²) in [7, 11) is 0. The van der Waals surface area contributed by atoms with Crippen molar-refractivity contribution in [2.75, 3.05) is 6.54 Å². The van der Waals surface area contributed by atoms with Crippen molar-refractivity contribution < 1.29 is 18.3 Å². The molecule has 1 aromatic heterocycles. The van der Waals surface area contributed by atoms with E-state index in [1.54, 1.807) is 0 Å². The van der Waals surface area contributed by atoms with Crippen molar-refractivity contribution >= 4 is 0 Å². The Morgan fingerprint density at radius 2 is 2.04 bits per heavy atom. The highest BCUT2D eigenvalue weighted by molar-refractivity contribution is 5.38. The highest BCUT2D eigenvalue weighted by atomic mass is 19.4. The van der Waals surface area contributed by atoms with Gasteiger partial charge in [0.2, 0.25) is 0 Å². The Morgan fingerprint density at radius 1 is 1.35 bits per heavy atom. The Kier molecular flexibility index (Phi) is 4.16. The molecule has 3 rings (SSSR count). The molecule has 1 aliphatic heterocycles. The van der Waals surface area contributed by atoms with Gasteiger partial charge in [0, 0.05) is 12.1 Å². The molecule has 0 aliphatic carbocycles. The second-order valence-electron chi connectivity index (χ2n) is 5.86. The maximum Gasteiger partial charge on any atom is 0.398 e. The van der Waals surface area contributed by atoms with Crippen LogP contribution >= 0.6 is 0 Å².